The van der Waals surface area contributed by atoms with Crippen LogP contribution in [0, 0.1) is 6.92 Å². The molecule has 0 bridgehead atoms. The summed E-state index contributed by atoms with van der Waals surface area (Å²) in [6.07, 6.45) is 1.66. The van der Waals surface area contributed by atoms with E-state index in [9.17, 15) is 9.59 Å². The Balaban J connectivity index is 1.74. The molecule has 0 saturated carbocycles. The first-order chi connectivity index (χ1) is 14.5. The van der Waals surface area contributed by atoms with Gasteiger partial charge in [0.2, 0.25) is 5.91 Å². The Morgan fingerprint density at radius 2 is 1.80 bits per heavy atom. The average Bonchev–Trinajstić information content (AvgIpc) is 2.74. The third-order valence-corrected chi connectivity index (χ3v) is 5.62. The molecule has 7 heteroatoms. The van der Waals surface area contributed by atoms with Crippen molar-refractivity contribution in [3.63, 3.8) is 0 Å². The fourth-order valence-corrected chi connectivity index (χ4v) is 3.93. The molecule has 1 N–H and O–H groups in total. The van der Waals surface area contributed by atoms with Crippen molar-refractivity contribution in [1.82, 2.24) is 14.5 Å². The van der Waals surface area contributed by atoms with Crippen LogP contribution in [0.15, 0.2) is 82.9 Å². The van der Waals surface area contributed by atoms with Gasteiger partial charge in [-0.1, -0.05) is 42.1 Å². The number of thioether (sulfide) groups is 1. The highest BCUT2D eigenvalue weighted by atomic mass is 32.2. The zero-order chi connectivity index (χ0) is 21.1. The van der Waals surface area contributed by atoms with Crippen molar-refractivity contribution in [3.8, 4) is 5.82 Å². The van der Waals surface area contributed by atoms with Crippen molar-refractivity contribution in [1.29, 1.82) is 0 Å². The number of para-hydroxylation sites is 2. The molecule has 0 radical (unpaired) electrons. The van der Waals surface area contributed by atoms with Gasteiger partial charge < -0.3 is 5.32 Å². The van der Waals surface area contributed by atoms with E-state index >= 15 is 0 Å². The number of fused-ring (bicyclic) bond motifs is 1. The fraction of sp³-hybridized carbons (Fsp3) is 0.130. The van der Waals surface area contributed by atoms with E-state index in [4.69, 9.17) is 0 Å². The van der Waals surface area contributed by atoms with Crippen molar-refractivity contribution in [2.45, 2.75) is 24.3 Å². The molecule has 1 amide bonds. The van der Waals surface area contributed by atoms with Crippen LogP contribution in [-0.4, -0.2) is 25.7 Å². The molecule has 0 saturated heterocycles. The Morgan fingerprint density at radius 1 is 1.07 bits per heavy atom. The Kier molecular flexibility index (Phi) is 5.63. The predicted molar refractivity (Wildman–Crippen MR) is 120 cm³/mol. The molecule has 0 aliphatic rings. The molecule has 1 atom stereocenters. The van der Waals surface area contributed by atoms with E-state index in [-0.39, 0.29) is 11.5 Å². The van der Waals surface area contributed by atoms with Gasteiger partial charge in [0, 0.05) is 11.9 Å². The first kappa shape index (κ1) is 19.8. The average molecular weight is 417 g/mol. The predicted octanol–water partition coefficient (Wildman–Crippen LogP) is 4.21. The van der Waals surface area contributed by atoms with Crippen LogP contribution in [0.1, 0.15) is 12.5 Å². The normalized spacial score (nSPS) is 11.9. The van der Waals surface area contributed by atoms with E-state index in [1.54, 1.807) is 25.3 Å². The van der Waals surface area contributed by atoms with Gasteiger partial charge in [-0.05, 0) is 55.8 Å². The topological polar surface area (TPSA) is 76.9 Å². The number of amides is 1. The standard InChI is InChI=1S/C23H20N4O2S/c1-15-12-13-24-20(14-15)27-22(29)18-10-6-7-11-19(18)26-23(27)30-16(2)21(28)25-17-8-4-3-5-9-17/h3-14,16H,1-2H3,(H,25,28). The smallest absolute Gasteiger partial charge is 0.267 e. The van der Waals surface area contributed by atoms with E-state index in [0.29, 0.717) is 21.9 Å². The Bertz CT molecular complexity index is 1270. The van der Waals surface area contributed by atoms with Crippen molar-refractivity contribution in [3.05, 3.63) is 88.8 Å². The highest BCUT2D eigenvalue weighted by molar-refractivity contribution is 8.00. The monoisotopic (exact) mass is 416 g/mol. The van der Waals surface area contributed by atoms with Gasteiger partial charge in [0.25, 0.3) is 5.56 Å². The van der Waals surface area contributed by atoms with E-state index in [0.717, 1.165) is 11.3 Å². The number of benzene rings is 2. The molecule has 150 valence electrons. The first-order valence-electron chi connectivity index (χ1n) is 9.50. The zero-order valence-electron chi connectivity index (χ0n) is 16.6. The first-order valence-corrected chi connectivity index (χ1v) is 10.4. The third-order valence-electron chi connectivity index (χ3n) is 4.57. The van der Waals surface area contributed by atoms with E-state index in [1.807, 2.05) is 61.5 Å². The number of aryl methyl sites for hydroxylation is 1. The summed E-state index contributed by atoms with van der Waals surface area (Å²) in [6.45, 7) is 3.73. The minimum Gasteiger partial charge on any atom is -0.325 e. The Hall–Kier alpha value is -3.45. The molecular formula is C23H20N4O2S. The van der Waals surface area contributed by atoms with Crippen LogP contribution in [0.3, 0.4) is 0 Å². The lowest BCUT2D eigenvalue weighted by atomic mass is 10.2. The van der Waals surface area contributed by atoms with Gasteiger partial charge in [0.05, 0.1) is 16.2 Å². The van der Waals surface area contributed by atoms with Crippen molar-refractivity contribution in [2.75, 3.05) is 5.32 Å². The summed E-state index contributed by atoms with van der Waals surface area (Å²) in [7, 11) is 0. The lowest BCUT2D eigenvalue weighted by Gasteiger charge is -2.16. The van der Waals surface area contributed by atoms with Crippen molar-refractivity contribution < 1.29 is 4.79 Å². The molecule has 1 unspecified atom stereocenters. The molecule has 2 aromatic heterocycles. The number of hydrogen-bond donors (Lipinski definition) is 1. The SMILES string of the molecule is Cc1ccnc(-n2c(SC(C)C(=O)Nc3ccccc3)nc3ccccc3c2=O)c1. The third kappa shape index (κ3) is 4.11. The Labute approximate surface area is 178 Å². The number of rotatable bonds is 5. The molecule has 0 fully saturated rings. The van der Waals surface area contributed by atoms with Crippen LogP contribution in [0.2, 0.25) is 0 Å². The number of nitrogens with one attached hydrogen (secondary N) is 1. The fourth-order valence-electron chi connectivity index (χ4n) is 3.01. The number of carbonyl (C=O) groups excluding carboxylic acids is 1. The maximum atomic E-state index is 13.3. The maximum Gasteiger partial charge on any atom is 0.267 e. The minimum absolute atomic E-state index is 0.169. The summed E-state index contributed by atoms with van der Waals surface area (Å²) in [5.41, 5.74) is 2.08. The second-order valence-electron chi connectivity index (χ2n) is 6.86. The molecule has 0 aliphatic carbocycles. The summed E-state index contributed by atoms with van der Waals surface area (Å²) in [6, 6.07) is 20.2. The Morgan fingerprint density at radius 3 is 2.57 bits per heavy atom. The number of pyridine rings is 1. The summed E-state index contributed by atoms with van der Waals surface area (Å²) >= 11 is 1.23. The summed E-state index contributed by atoms with van der Waals surface area (Å²) in [5, 5.41) is 3.34. The van der Waals surface area contributed by atoms with Crippen molar-refractivity contribution >= 4 is 34.3 Å². The van der Waals surface area contributed by atoms with Gasteiger partial charge in [-0.15, -0.1) is 0 Å². The second kappa shape index (κ2) is 8.51. The van der Waals surface area contributed by atoms with Gasteiger partial charge in [0.15, 0.2) is 5.16 Å². The number of anilines is 1. The van der Waals surface area contributed by atoms with Gasteiger partial charge in [-0.3, -0.25) is 9.59 Å². The van der Waals surface area contributed by atoms with E-state index in [1.165, 1.54) is 16.3 Å². The van der Waals surface area contributed by atoms with Gasteiger partial charge in [-0.25, -0.2) is 14.5 Å². The van der Waals surface area contributed by atoms with Crippen LogP contribution in [0.25, 0.3) is 16.7 Å². The maximum absolute atomic E-state index is 13.3. The van der Waals surface area contributed by atoms with E-state index < -0.39 is 5.25 Å². The summed E-state index contributed by atoms with van der Waals surface area (Å²) < 4.78 is 1.48. The number of carbonyl (C=O) groups is 1. The summed E-state index contributed by atoms with van der Waals surface area (Å²) in [5.74, 6) is 0.314. The van der Waals surface area contributed by atoms with Gasteiger partial charge in [-0.2, -0.15) is 0 Å². The molecule has 0 spiro atoms. The quantitative estimate of drug-likeness (QED) is 0.390. The van der Waals surface area contributed by atoms with Gasteiger partial charge in [0.1, 0.15) is 5.82 Å². The van der Waals surface area contributed by atoms with E-state index in [2.05, 4.69) is 15.3 Å². The highest BCUT2D eigenvalue weighted by Crippen LogP contribution is 2.25. The molecule has 6 nitrogen and oxygen atoms in total. The van der Waals surface area contributed by atoms with Crippen LogP contribution in [-0.2, 0) is 4.79 Å². The molecule has 30 heavy (non-hydrogen) atoms. The van der Waals surface area contributed by atoms with Crippen LogP contribution in [0.5, 0.6) is 0 Å². The lowest BCUT2D eigenvalue weighted by molar-refractivity contribution is -0.115. The highest BCUT2D eigenvalue weighted by Gasteiger charge is 2.21. The van der Waals surface area contributed by atoms with Crippen molar-refractivity contribution in [2.24, 2.45) is 0 Å². The molecule has 2 heterocycles. The molecular weight excluding hydrogens is 396 g/mol. The number of nitrogens with zero attached hydrogens (tertiary/aromatic N) is 3. The van der Waals surface area contributed by atoms with Crippen LogP contribution in [0.4, 0.5) is 5.69 Å². The molecule has 0 aliphatic heterocycles. The second-order valence-corrected chi connectivity index (χ2v) is 8.17. The molecule has 2 aromatic carbocycles. The number of hydrogen-bond acceptors (Lipinski definition) is 5. The summed E-state index contributed by atoms with van der Waals surface area (Å²) in [4.78, 5) is 35.0. The largest absolute Gasteiger partial charge is 0.325 e. The zero-order valence-corrected chi connectivity index (χ0v) is 17.4. The lowest BCUT2D eigenvalue weighted by Crippen LogP contribution is -2.26. The van der Waals surface area contributed by atoms with Crippen LogP contribution < -0.4 is 10.9 Å². The van der Waals surface area contributed by atoms with Crippen LogP contribution >= 0.6 is 11.8 Å². The molecule has 4 rings (SSSR count). The minimum atomic E-state index is -0.477. The molecule has 4 aromatic rings. The number of aromatic nitrogens is 3. The van der Waals surface area contributed by atoms with Gasteiger partial charge >= 0.3 is 0 Å².